The number of nitrogens with zero attached hydrogens (tertiary/aromatic N) is 5. The van der Waals surface area contributed by atoms with Crippen LogP contribution < -0.4 is 5.32 Å². The zero-order valence-electron chi connectivity index (χ0n) is 15.5. The Bertz CT molecular complexity index is 1150. The average molecular weight is 380 g/mol. The van der Waals surface area contributed by atoms with Gasteiger partial charge in [-0.05, 0) is 49.9 Å². The van der Waals surface area contributed by atoms with E-state index in [4.69, 9.17) is 0 Å². The molecule has 8 heteroatoms. The van der Waals surface area contributed by atoms with E-state index < -0.39 is 0 Å². The Morgan fingerprint density at radius 2 is 2.11 bits per heavy atom. The molecule has 0 fully saturated rings. The van der Waals surface area contributed by atoms with Gasteiger partial charge in [0.1, 0.15) is 6.33 Å². The van der Waals surface area contributed by atoms with Gasteiger partial charge in [0, 0.05) is 17.8 Å². The van der Waals surface area contributed by atoms with Gasteiger partial charge in [-0.1, -0.05) is 24.3 Å². The molecule has 0 aliphatic heterocycles. The Balaban J connectivity index is 1.47. The number of thiazole rings is 1. The first kappa shape index (κ1) is 17.5. The molecule has 0 aliphatic carbocycles. The molecule has 4 rings (SSSR count). The predicted molar refractivity (Wildman–Crippen MR) is 106 cm³/mol. The molecule has 1 aromatic carbocycles. The molecular formula is C19H20N6OS. The van der Waals surface area contributed by atoms with Crippen molar-refractivity contribution in [2.45, 2.75) is 40.0 Å². The lowest BCUT2D eigenvalue weighted by Crippen LogP contribution is -2.14. The zero-order chi connectivity index (χ0) is 19.0. The Kier molecular flexibility index (Phi) is 4.57. The molecule has 1 N–H and O–H groups in total. The SMILES string of the molecule is CCc1ccc2nc(NC(=O)CCc3c(C)nc4ncnn4c3C)sc2c1. The van der Waals surface area contributed by atoms with E-state index in [1.807, 2.05) is 19.9 Å². The van der Waals surface area contributed by atoms with Gasteiger partial charge in [0.15, 0.2) is 5.13 Å². The number of hydrogen-bond donors (Lipinski definition) is 1. The van der Waals surface area contributed by atoms with E-state index in [1.165, 1.54) is 23.2 Å². The van der Waals surface area contributed by atoms with E-state index in [1.54, 1.807) is 4.52 Å². The summed E-state index contributed by atoms with van der Waals surface area (Å²) in [6.45, 7) is 6.04. The lowest BCUT2D eigenvalue weighted by Gasteiger charge is -2.10. The first-order chi connectivity index (χ1) is 13.0. The van der Waals surface area contributed by atoms with Crippen LogP contribution in [0.2, 0.25) is 0 Å². The van der Waals surface area contributed by atoms with Crippen LogP contribution in [0.5, 0.6) is 0 Å². The summed E-state index contributed by atoms with van der Waals surface area (Å²) in [6.07, 6.45) is 3.43. The third-order valence-corrected chi connectivity index (χ3v) is 5.63. The lowest BCUT2D eigenvalue weighted by atomic mass is 10.1. The Hall–Kier alpha value is -2.87. The second-order valence-corrected chi connectivity index (χ2v) is 7.49. The molecule has 3 aromatic heterocycles. The number of hydrogen-bond acceptors (Lipinski definition) is 6. The molecule has 3 heterocycles. The van der Waals surface area contributed by atoms with Crippen molar-refractivity contribution in [3.8, 4) is 0 Å². The summed E-state index contributed by atoms with van der Waals surface area (Å²) < 4.78 is 2.80. The first-order valence-corrected chi connectivity index (χ1v) is 9.72. The molecule has 0 atom stereocenters. The summed E-state index contributed by atoms with van der Waals surface area (Å²) in [5.41, 5.74) is 5.06. The van der Waals surface area contributed by atoms with Crippen LogP contribution in [0.3, 0.4) is 0 Å². The van der Waals surface area contributed by atoms with Crippen molar-refractivity contribution in [2.24, 2.45) is 0 Å². The van der Waals surface area contributed by atoms with Gasteiger partial charge in [0.05, 0.1) is 10.2 Å². The van der Waals surface area contributed by atoms with Crippen molar-refractivity contribution in [3.05, 3.63) is 47.0 Å². The van der Waals surface area contributed by atoms with Crippen LogP contribution >= 0.6 is 11.3 Å². The molecule has 27 heavy (non-hydrogen) atoms. The highest BCUT2D eigenvalue weighted by Gasteiger charge is 2.14. The van der Waals surface area contributed by atoms with Crippen molar-refractivity contribution < 1.29 is 4.79 Å². The number of carbonyl (C=O) groups excluding carboxylic acids is 1. The summed E-state index contributed by atoms with van der Waals surface area (Å²) in [4.78, 5) is 25.5. The minimum absolute atomic E-state index is 0.0535. The van der Waals surface area contributed by atoms with Crippen molar-refractivity contribution >= 4 is 38.4 Å². The number of nitrogens with one attached hydrogen (secondary N) is 1. The van der Waals surface area contributed by atoms with Crippen LogP contribution in [-0.2, 0) is 17.6 Å². The zero-order valence-corrected chi connectivity index (χ0v) is 16.3. The fraction of sp³-hybridized carbons (Fsp3) is 0.316. The van der Waals surface area contributed by atoms with Gasteiger partial charge < -0.3 is 5.32 Å². The topological polar surface area (TPSA) is 85.1 Å². The van der Waals surface area contributed by atoms with Crippen LogP contribution in [0.25, 0.3) is 16.0 Å². The van der Waals surface area contributed by atoms with E-state index in [2.05, 4.69) is 44.4 Å². The average Bonchev–Trinajstić information content (AvgIpc) is 3.26. The number of rotatable bonds is 5. The molecule has 0 saturated heterocycles. The van der Waals surface area contributed by atoms with E-state index in [9.17, 15) is 4.79 Å². The molecule has 138 valence electrons. The highest BCUT2D eigenvalue weighted by Crippen LogP contribution is 2.27. The highest BCUT2D eigenvalue weighted by atomic mass is 32.1. The van der Waals surface area contributed by atoms with Gasteiger partial charge >= 0.3 is 0 Å². The maximum absolute atomic E-state index is 12.4. The molecule has 7 nitrogen and oxygen atoms in total. The van der Waals surface area contributed by atoms with Crippen molar-refractivity contribution in [3.63, 3.8) is 0 Å². The molecular weight excluding hydrogens is 360 g/mol. The number of anilines is 1. The lowest BCUT2D eigenvalue weighted by molar-refractivity contribution is -0.116. The van der Waals surface area contributed by atoms with Gasteiger partial charge in [-0.3, -0.25) is 4.79 Å². The normalized spacial score (nSPS) is 11.4. The monoisotopic (exact) mass is 380 g/mol. The summed E-state index contributed by atoms with van der Waals surface area (Å²) in [7, 11) is 0. The smallest absolute Gasteiger partial charge is 0.252 e. The molecule has 0 bridgehead atoms. The fourth-order valence-corrected chi connectivity index (χ4v) is 4.13. The molecule has 0 unspecified atom stereocenters. The summed E-state index contributed by atoms with van der Waals surface area (Å²) in [5.74, 6) is 0.529. The standard InChI is InChI=1S/C19H20N6OS/c1-4-13-5-7-15-16(9-13)27-19(23-15)24-17(26)8-6-14-11(2)22-18-20-10-21-25(18)12(14)3/h5,7,9-10H,4,6,8H2,1-3H3,(H,23,24,26). The Labute approximate surface area is 160 Å². The molecule has 0 saturated carbocycles. The maximum Gasteiger partial charge on any atom is 0.252 e. The van der Waals surface area contributed by atoms with Crippen LogP contribution in [0.15, 0.2) is 24.5 Å². The molecule has 4 aromatic rings. The Morgan fingerprint density at radius 1 is 1.26 bits per heavy atom. The summed E-state index contributed by atoms with van der Waals surface area (Å²) in [6, 6.07) is 6.22. The summed E-state index contributed by atoms with van der Waals surface area (Å²) in [5, 5.41) is 7.75. The van der Waals surface area contributed by atoms with E-state index in [0.29, 0.717) is 23.8 Å². The minimum atomic E-state index is -0.0535. The Morgan fingerprint density at radius 3 is 2.93 bits per heavy atom. The van der Waals surface area contributed by atoms with Crippen molar-refractivity contribution in [1.29, 1.82) is 0 Å². The van der Waals surface area contributed by atoms with Crippen LogP contribution in [0, 0.1) is 13.8 Å². The van der Waals surface area contributed by atoms with Crippen LogP contribution in [0.1, 0.15) is 35.9 Å². The third-order valence-electron chi connectivity index (χ3n) is 4.70. The van der Waals surface area contributed by atoms with Gasteiger partial charge in [-0.25, -0.2) is 14.5 Å². The number of benzene rings is 1. The summed E-state index contributed by atoms with van der Waals surface area (Å²) >= 11 is 1.51. The highest BCUT2D eigenvalue weighted by molar-refractivity contribution is 7.22. The predicted octanol–water partition coefficient (Wildman–Crippen LogP) is 3.48. The largest absolute Gasteiger partial charge is 0.302 e. The van der Waals surface area contributed by atoms with E-state index in [-0.39, 0.29) is 5.91 Å². The van der Waals surface area contributed by atoms with E-state index in [0.717, 1.165) is 33.6 Å². The molecule has 1 amide bonds. The first-order valence-electron chi connectivity index (χ1n) is 8.90. The van der Waals surface area contributed by atoms with Gasteiger partial charge in [-0.15, -0.1) is 0 Å². The molecule has 0 spiro atoms. The number of aryl methyl sites for hydroxylation is 3. The fourth-order valence-electron chi connectivity index (χ4n) is 3.18. The second kappa shape index (κ2) is 7.03. The maximum atomic E-state index is 12.4. The van der Waals surface area contributed by atoms with Crippen LogP contribution in [-0.4, -0.2) is 30.5 Å². The second-order valence-electron chi connectivity index (χ2n) is 6.46. The number of carbonyl (C=O) groups is 1. The number of amides is 1. The third kappa shape index (κ3) is 3.40. The molecule has 0 aliphatic rings. The number of fused-ring (bicyclic) bond motifs is 2. The van der Waals surface area contributed by atoms with Gasteiger partial charge in [0.25, 0.3) is 5.78 Å². The number of aromatic nitrogens is 5. The minimum Gasteiger partial charge on any atom is -0.302 e. The molecule has 0 radical (unpaired) electrons. The van der Waals surface area contributed by atoms with Crippen LogP contribution in [0.4, 0.5) is 5.13 Å². The quantitative estimate of drug-likeness (QED) is 0.573. The van der Waals surface area contributed by atoms with Gasteiger partial charge in [-0.2, -0.15) is 10.1 Å². The van der Waals surface area contributed by atoms with Crippen molar-refractivity contribution in [2.75, 3.05) is 5.32 Å². The van der Waals surface area contributed by atoms with Crippen molar-refractivity contribution in [1.82, 2.24) is 24.6 Å². The van der Waals surface area contributed by atoms with Gasteiger partial charge in [0.2, 0.25) is 5.91 Å². The van der Waals surface area contributed by atoms with E-state index >= 15 is 0 Å².